The summed E-state index contributed by atoms with van der Waals surface area (Å²) in [5, 5.41) is 0. The molecule has 7 heteroatoms. The fourth-order valence-corrected chi connectivity index (χ4v) is 3.97. The van der Waals surface area contributed by atoms with Gasteiger partial charge in [0.1, 0.15) is 11.6 Å². The van der Waals surface area contributed by atoms with E-state index in [9.17, 15) is 9.59 Å². The average Bonchev–Trinajstić information content (AvgIpc) is 2.83. The Balaban J connectivity index is 1.36. The Bertz CT molecular complexity index is 1080. The van der Waals surface area contributed by atoms with E-state index in [0.29, 0.717) is 25.9 Å². The zero-order chi connectivity index (χ0) is 21.6. The molecule has 0 unspecified atom stereocenters. The number of benzene rings is 1. The summed E-state index contributed by atoms with van der Waals surface area (Å²) in [4.78, 5) is 37.6. The lowest BCUT2D eigenvalue weighted by atomic mass is 9.95. The van der Waals surface area contributed by atoms with Crippen molar-refractivity contribution in [3.63, 3.8) is 0 Å². The van der Waals surface area contributed by atoms with E-state index in [-0.39, 0.29) is 17.4 Å². The summed E-state index contributed by atoms with van der Waals surface area (Å²) in [6, 6.07) is 13.0. The minimum Gasteiger partial charge on any atom is -0.496 e. The van der Waals surface area contributed by atoms with Crippen LogP contribution in [0.4, 0.5) is 0 Å². The SMILES string of the molecule is COc1ccccc1-c1ccnc(C2CCN(C(=O)CCc3ccc(=O)[nH]c3)CC2)n1. The van der Waals surface area contributed by atoms with Gasteiger partial charge in [0.25, 0.3) is 0 Å². The zero-order valence-electron chi connectivity index (χ0n) is 17.6. The van der Waals surface area contributed by atoms with Gasteiger partial charge in [-0.1, -0.05) is 18.2 Å². The number of aryl methyl sites for hydroxylation is 1. The van der Waals surface area contributed by atoms with Gasteiger partial charge in [-0.2, -0.15) is 0 Å². The number of rotatable bonds is 6. The number of amides is 1. The molecule has 1 fully saturated rings. The van der Waals surface area contributed by atoms with Crippen molar-refractivity contribution in [2.45, 2.75) is 31.6 Å². The molecule has 0 aliphatic carbocycles. The quantitative estimate of drug-likeness (QED) is 0.664. The number of ether oxygens (including phenoxy) is 1. The first kappa shape index (κ1) is 20.8. The molecule has 1 N–H and O–H groups in total. The molecule has 0 saturated carbocycles. The topological polar surface area (TPSA) is 88.2 Å². The maximum atomic E-state index is 12.6. The van der Waals surface area contributed by atoms with E-state index < -0.39 is 0 Å². The van der Waals surface area contributed by atoms with Gasteiger partial charge < -0.3 is 14.6 Å². The maximum Gasteiger partial charge on any atom is 0.247 e. The summed E-state index contributed by atoms with van der Waals surface area (Å²) in [6.45, 7) is 1.41. The number of H-pyrrole nitrogens is 1. The molecule has 1 aliphatic rings. The first-order valence-electron chi connectivity index (χ1n) is 10.6. The smallest absolute Gasteiger partial charge is 0.247 e. The molecule has 1 saturated heterocycles. The largest absolute Gasteiger partial charge is 0.496 e. The van der Waals surface area contributed by atoms with Gasteiger partial charge in [-0.15, -0.1) is 0 Å². The van der Waals surface area contributed by atoms with Crippen molar-refractivity contribution in [1.82, 2.24) is 19.9 Å². The van der Waals surface area contributed by atoms with Crippen molar-refractivity contribution < 1.29 is 9.53 Å². The Morgan fingerprint density at radius 3 is 2.71 bits per heavy atom. The van der Waals surface area contributed by atoms with Crippen LogP contribution in [0.25, 0.3) is 11.3 Å². The summed E-state index contributed by atoms with van der Waals surface area (Å²) < 4.78 is 5.46. The molecular formula is C24H26N4O3. The van der Waals surface area contributed by atoms with Crippen molar-refractivity contribution in [3.05, 3.63) is 76.6 Å². The molecule has 0 spiro atoms. The highest BCUT2D eigenvalue weighted by atomic mass is 16.5. The Hall–Kier alpha value is -3.48. The van der Waals surface area contributed by atoms with Gasteiger partial charge in [-0.05, 0) is 43.0 Å². The number of carbonyl (C=O) groups is 1. The van der Waals surface area contributed by atoms with Crippen LogP contribution in [0.15, 0.2) is 59.7 Å². The number of para-hydroxylation sites is 1. The number of likely N-dealkylation sites (tertiary alicyclic amines) is 1. The zero-order valence-corrected chi connectivity index (χ0v) is 17.6. The summed E-state index contributed by atoms with van der Waals surface area (Å²) >= 11 is 0. The predicted molar refractivity (Wildman–Crippen MR) is 118 cm³/mol. The van der Waals surface area contributed by atoms with E-state index in [1.165, 1.54) is 6.07 Å². The monoisotopic (exact) mass is 418 g/mol. The summed E-state index contributed by atoms with van der Waals surface area (Å²) in [5.41, 5.74) is 2.63. The molecule has 1 amide bonds. The van der Waals surface area contributed by atoms with Crippen molar-refractivity contribution in [3.8, 4) is 17.0 Å². The number of hydrogen-bond acceptors (Lipinski definition) is 5. The second-order valence-corrected chi connectivity index (χ2v) is 7.72. The highest BCUT2D eigenvalue weighted by Gasteiger charge is 2.25. The molecule has 160 valence electrons. The number of nitrogens with one attached hydrogen (secondary N) is 1. The van der Waals surface area contributed by atoms with Crippen LogP contribution in [-0.4, -0.2) is 46.0 Å². The summed E-state index contributed by atoms with van der Waals surface area (Å²) in [5.74, 6) is 1.99. The second-order valence-electron chi connectivity index (χ2n) is 7.72. The van der Waals surface area contributed by atoms with E-state index in [1.807, 2.05) is 35.2 Å². The van der Waals surface area contributed by atoms with Crippen molar-refractivity contribution >= 4 is 5.91 Å². The van der Waals surface area contributed by atoms with Gasteiger partial charge >= 0.3 is 0 Å². The van der Waals surface area contributed by atoms with Crippen molar-refractivity contribution in [1.29, 1.82) is 0 Å². The Morgan fingerprint density at radius 2 is 1.97 bits per heavy atom. The molecule has 4 rings (SSSR count). The lowest BCUT2D eigenvalue weighted by Gasteiger charge is -2.31. The number of piperidine rings is 1. The van der Waals surface area contributed by atoms with Crippen LogP contribution in [-0.2, 0) is 11.2 Å². The lowest BCUT2D eigenvalue weighted by molar-refractivity contribution is -0.132. The number of hydrogen-bond donors (Lipinski definition) is 1. The molecule has 31 heavy (non-hydrogen) atoms. The van der Waals surface area contributed by atoms with Crippen LogP contribution >= 0.6 is 0 Å². The minimum atomic E-state index is -0.130. The second kappa shape index (κ2) is 9.55. The number of methoxy groups -OCH3 is 1. The fourth-order valence-electron chi connectivity index (χ4n) is 3.97. The molecule has 0 atom stereocenters. The molecule has 3 aromatic rings. The standard InChI is InChI=1S/C24H26N4O3/c1-31-21-5-3-2-4-19(21)20-10-13-25-24(27-20)18-11-14-28(15-12-18)23(30)9-7-17-6-8-22(29)26-16-17/h2-6,8,10,13,16,18H,7,9,11-12,14-15H2,1H3,(H,26,29). The van der Waals surface area contributed by atoms with Gasteiger partial charge in [-0.25, -0.2) is 9.97 Å². The van der Waals surface area contributed by atoms with Crippen molar-refractivity contribution in [2.75, 3.05) is 20.2 Å². The average molecular weight is 418 g/mol. The molecule has 1 aromatic carbocycles. The predicted octanol–water partition coefficient (Wildman–Crippen LogP) is 3.18. The lowest BCUT2D eigenvalue weighted by Crippen LogP contribution is -2.38. The van der Waals surface area contributed by atoms with E-state index in [0.717, 1.165) is 41.2 Å². The van der Waals surface area contributed by atoms with Gasteiger partial charge in [0, 0.05) is 49.5 Å². The number of aromatic amines is 1. The molecule has 0 bridgehead atoms. The Morgan fingerprint density at radius 1 is 1.16 bits per heavy atom. The first-order valence-corrected chi connectivity index (χ1v) is 10.6. The third-order valence-corrected chi connectivity index (χ3v) is 5.75. The van der Waals surface area contributed by atoms with Crippen LogP contribution in [0.2, 0.25) is 0 Å². The first-order chi connectivity index (χ1) is 15.1. The van der Waals surface area contributed by atoms with Gasteiger partial charge in [0.05, 0.1) is 12.8 Å². The molecule has 7 nitrogen and oxygen atoms in total. The van der Waals surface area contributed by atoms with Gasteiger partial charge in [0.15, 0.2) is 0 Å². The number of carbonyl (C=O) groups excluding carboxylic acids is 1. The Labute approximate surface area is 181 Å². The van der Waals surface area contributed by atoms with Crippen LogP contribution in [0.5, 0.6) is 5.75 Å². The van der Waals surface area contributed by atoms with E-state index in [2.05, 4.69) is 9.97 Å². The Kier molecular flexibility index (Phi) is 6.40. The molecule has 1 aliphatic heterocycles. The van der Waals surface area contributed by atoms with Crippen LogP contribution in [0.3, 0.4) is 0 Å². The highest BCUT2D eigenvalue weighted by molar-refractivity contribution is 5.76. The summed E-state index contributed by atoms with van der Waals surface area (Å²) in [6.07, 6.45) is 6.23. The minimum absolute atomic E-state index is 0.130. The molecule has 0 radical (unpaired) electrons. The number of aromatic nitrogens is 3. The van der Waals surface area contributed by atoms with Crippen molar-refractivity contribution in [2.24, 2.45) is 0 Å². The van der Waals surface area contributed by atoms with E-state index >= 15 is 0 Å². The number of pyridine rings is 1. The number of nitrogens with zero attached hydrogens (tertiary/aromatic N) is 3. The third kappa shape index (κ3) is 4.99. The van der Waals surface area contributed by atoms with E-state index in [4.69, 9.17) is 9.72 Å². The van der Waals surface area contributed by atoms with E-state index in [1.54, 1.807) is 25.6 Å². The highest BCUT2D eigenvalue weighted by Crippen LogP contribution is 2.31. The van der Waals surface area contributed by atoms with Crippen LogP contribution < -0.4 is 10.3 Å². The molecular weight excluding hydrogens is 392 g/mol. The third-order valence-electron chi connectivity index (χ3n) is 5.75. The maximum absolute atomic E-state index is 12.6. The van der Waals surface area contributed by atoms with Crippen LogP contribution in [0, 0.1) is 0 Å². The normalized spacial score (nSPS) is 14.4. The van der Waals surface area contributed by atoms with Crippen LogP contribution in [0.1, 0.15) is 36.6 Å². The summed E-state index contributed by atoms with van der Waals surface area (Å²) in [7, 11) is 1.66. The molecule has 3 heterocycles. The fraction of sp³-hybridized carbons (Fsp3) is 0.333. The van der Waals surface area contributed by atoms with Gasteiger partial charge in [-0.3, -0.25) is 9.59 Å². The van der Waals surface area contributed by atoms with Gasteiger partial charge in [0.2, 0.25) is 11.5 Å². The molecule has 2 aromatic heterocycles.